The fourth-order valence-corrected chi connectivity index (χ4v) is 3.90. The number of nitrogens with zero attached hydrogens (tertiary/aromatic N) is 3. The molecular formula is C28H26N6O. The van der Waals surface area contributed by atoms with Gasteiger partial charge < -0.3 is 5.32 Å². The normalized spacial score (nSPS) is 10.7. The van der Waals surface area contributed by atoms with Crippen LogP contribution in [-0.2, 0) is 6.42 Å². The fourth-order valence-electron chi connectivity index (χ4n) is 3.90. The van der Waals surface area contributed by atoms with Gasteiger partial charge in [-0.2, -0.15) is 5.10 Å². The van der Waals surface area contributed by atoms with Crippen LogP contribution in [0.2, 0.25) is 0 Å². The van der Waals surface area contributed by atoms with Crippen molar-refractivity contribution in [1.82, 2.24) is 19.7 Å². The second kappa shape index (κ2) is 10.5. The molecule has 5 rings (SSSR count). The largest absolute Gasteiger partial charge is 0.385 e. The summed E-state index contributed by atoms with van der Waals surface area (Å²) >= 11 is 0. The zero-order valence-corrected chi connectivity index (χ0v) is 19.2. The number of hydrogen-bond acceptors (Lipinski definition) is 4. The van der Waals surface area contributed by atoms with Gasteiger partial charge in [-0.1, -0.05) is 48.5 Å². The average Bonchev–Trinajstić information content (AvgIpc) is 3.59. The first kappa shape index (κ1) is 22.2. The lowest BCUT2D eigenvalue weighted by atomic mass is 10.1. The van der Waals surface area contributed by atoms with Crippen LogP contribution >= 0.6 is 0 Å². The molecule has 0 unspecified atom stereocenters. The summed E-state index contributed by atoms with van der Waals surface area (Å²) < 4.78 is 1.93. The standard InChI is InChI=1S/C28H26N6O/c35-27(22-10-7-9-21(17-22)23-18-30-31-19-23)33-28-32-25(20-34(28)26-14-5-2-6-15-26)13-8-16-29-24-11-3-1-4-12-24/h1-7,9-12,14-15,17-20,29H,8,13,16H2,(H,30,31)(H,32,33,35). The highest BCUT2D eigenvalue weighted by atomic mass is 16.1. The van der Waals surface area contributed by atoms with Gasteiger partial charge in [0.05, 0.1) is 11.9 Å². The van der Waals surface area contributed by atoms with Gasteiger partial charge in [0, 0.05) is 41.4 Å². The number of rotatable bonds is 9. The minimum atomic E-state index is -0.213. The summed E-state index contributed by atoms with van der Waals surface area (Å²) in [6, 6.07) is 27.5. The summed E-state index contributed by atoms with van der Waals surface area (Å²) in [4.78, 5) is 17.9. The highest BCUT2D eigenvalue weighted by Crippen LogP contribution is 2.21. The highest BCUT2D eigenvalue weighted by Gasteiger charge is 2.15. The van der Waals surface area contributed by atoms with Crippen LogP contribution < -0.4 is 10.6 Å². The third-order valence-corrected chi connectivity index (χ3v) is 5.68. The number of aryl methyl sites for hydroxylation is 1. The smallest absolute Gasteiger partial charge is 0.258 e. The molecule has 0 bridgehead atoms. The van der Waals surface area contributed by atoms with Crippen molar-refractivity contribution in [3.05, 3.63) is 115 Å². The van der Waals surface area contributed by atoms with Gasteiger partial charge in [0.1, 0.15) is 0 Å². The van der Waals surface area contributed by atoms with E-state index in [4.69, 9.17) is 4.98 Å². The Morgan fingerprint density at radius 1 is 0.914 bits per heavy atom. The van der Waals surface area contributed by atoms with Gasteiger partial charge >= 0.3 is 0 Å². The van der Waals surface area contributed by atoms with E-state index in [2.05, 4.69) is 33.0 Å². The number of aromatic nitrogens is 4. The molecule has 3 N–H and O–H groups in total. The van der Waals surface area contributed by atoms with Gasteiger partial charge in [-0.15, -0.1) is 0 Å². The van der Waals surface area contributed by atoms with Crippen molar-refractivity contribution < 1.29 is 4.79 Å². The minimum Gasteiger partial charge on any atom is -0.385 e. The summed E-state index contributed by atoms with van der Waals surface area (Å²) in [7, 11) is 0. The summed E-state index contributed by atoms with van der Waals surface area (Å²) in [6.45, 7) is 0.838. The third-order valence-electron chi connectivity index (χ3n) is 5.68. The molecule has 3 aromatic carbocycles. The summed E-state index contributed by atoms with van der Waals surface area (Å²) in [6.07, 6.45) is 7.24. The summed E-state index contributed by atoms with van der Waals surface area (Å²) in [5.41, 5.74) is 5.37. The Morgan fingerprint density at radius 3 is 2.49 bits per heavy atom. The van der Waals surface area contributed by atoms with Crippen LogP contribution in [0.3, 0.4) is 0 Å². The lowest BCUT2D eigenvalue weighted by molar-refractivity contribution is 0.102. The van der Waals surface area contributed by atoms with Crippen molar-refractivity contribution in [1.29, 1.82) is 0 Å². The molecule has 0 saturated carbocycles. The number of benzene rings is 3. The molecule has 0 spiro atoms. The topological polar surface area (TPSA) is 87.6 Å². The van der Waals surface area contributed by atoms with Gasteiger partial charge in [0.15, 0.2) is 0 Å². The third kappa shape index (κ3) is 5.47. The van der Waals surface area contributed by atoms with Crippen LogP contribution in [0.5, 0.6) is 0 Å². The fraction of sp³-hybridized carbons (Fsp3) is 0.107. The summed E-state index contributed by atoms with van der Waals surface area (Å²) in [5, 5.41) is 13.2. The molecule has 1 amide bonds. The lowest BCUT2D eigenvalue weighted by Crippen LogP contribution is -2.15. The number of imidazole rings is 1. The summed E-state index contributed by atoms with van der Waals surface area (Å²) in [5.74, 6) is 0.288. The molecule has 0 saturated heterocycles. The van der Waals surface area contributed by atoms with E-state index in [0.717, 1.165) is 47.6 Å². The first-order valence-electron chi connectivity index (χ1n) is 11.6. The van der Waals surface area contributed by atoms with Crippen molar-refractivity contribution in [3.8, 4) is 16.8 Å². The van der Waals surface area contributed by atoms with E-state index in [-0.39, 0.29) is 5.91 Å². The number of para-hydroxylation sites is 2. The van der Waals surface area contributed by atoms with E-state index in [1.807, 2.05) is 77.5 Å². The van der Waals surface area contributed by atoms with Crippen molar-refractivity contribution >= 4 is 17.5 Å². The van der Waals surface area contributed by atoms with Crippen LogP contribution in [0.25, 0.3) is 16.8 Å². The number of carbonyl (C=O) groups is 1. The SMILES string of the molecule is O=C(Nc1nc(CCCNc2ccccc2)cn1-c1ccccc1)c1cccc(-c2cn[nH]c2)c1. The van der Waals surface area contributed by atoms with Crippen molar-refractivity contribution in [2.75, 3.05) is 17.2 Å². The van der Waals surface area contributed by atoms with Crippen molar-refractivity contribution in [2.45, 2.75) is 12.8 Å². The molecule has 2 heterocycles. The van der Waals surface area contributed by atoms with E-state index in [1.54, 1.807) is 18.5 Å². The van der Waals surface area contributed by atoms with Gasteiger partial charge in [-0.05, 0) is 54.8 Å². The monoisotopic (exact) mass is 462 g/mol. The average molecular weight is 463 g/mol. The Bertz CT molecular complexity index is 1380. The number of aromatic amines is 1. The van der Waals surface area contributed by atoms with Crippen LogP contribution in [0.4, 0.5) is 11.6 Å². The van der Waals surface area contributed by atoms with E-state index < -0.39 is 0 Å². The zero-order valence-electron chi connectivity index (χ0n) is 19.2. The minimum absolute atomic E-state index is 0.213. The molecule has 0 radical (unpaired) electrons. The van der Waals surface area contributed by atoms with E-state index in [9.17, 15) is 4.79 Å². The number of hydrogen-bond donors (Lipinski definition) is 3. The Balaban J connectivity index is 1.32. The Labute approximate surface area is 203 Å². The highest BCUT2D eigenvalue weighted by molar-refractivity contribution is 6.04. The first-order valence-corrected chi connectivity index (χ1v) is 11.6. The molecule has 35 heavy (non-hydrogen) atoms. The second-order valence-corrected chi connectivity index (χ2v) is 8.18. The van der Waals surface area contributed by atoms with Crippen LogP contribution in [-0.4, -0.2) is 32.2 Å². The maximum atomic E-state index is 13.1. The van der Waals surface area contributed by atoms with E-state index in [0.29, 0.717) is 11.5 Å². The van der Waals surface area contributed by atoms with Crippen LogP contribution in [0.15, 0.2) is 104 Å². The van der Waals surface area contributed by atoms with Crippen molar-refractivity contribution in [3.63, 3.8) is 0 Å². The number of anilines is 2. The second-order valence-electron chi connectivity index (χ2n) is 8.18. The quantitative estimate of drug-likeness (QED) is 0.250. The molecule has 7 heteroatoms. The Hall–Kier alpha value is -4.65. The first-order chi connectivity index (χ1) is 17.3. The number of nitrogens with one attached hydrogen (secondary N) is 3. The zero-order chi connectivity index (χ0) is 23.9. The van der Waals surface area contributed by atoms with Crippen LogP contribution in [0.1, 0.15) is 22.5 Å². The number of carbonyl (C=O) groups excluding carboxylic acids is 1. The molecule has 0 atom stereocenters. The maximum absolute atomic E-state index is 13.1. The van der Waals surface area contributed by atoms with Gasteiger partial charge in [0.2, 0.25) is 5.95 Å². The van der Waals surface area contributed by atoms with Gasteiger partial charge in [-0.3, -0.25) is 19.8 Å². The van der Waals surface area contributed by atoms with Gasteiger partial charge in [0.25, 0.3) is 5.91 Å². The van der Waals surface area contributed by atoms with Crippen LogP contribution in [0, 0.1) is 0 Å². The molecule has 2 aromatic heterocycles. The van der Waals surface area contributed by atoms with Crippen molar-refractivity contribution in [2.24, 2.45) is 0 Å². The Kier molecular flexibility index (Phi) is 6.66. The molecule has 0 aliphatic rings. The molecule has 0 fully saturated rings. The predicted molar refractivity (Wildman–Crippen MR) is 139 cm³/mol. The molecule has 0 aliphatic heterocycles. The van der Waals surface area contributed by atoms with Gasteiger partial charge in [-0.25, -0.2) is 4.98 Å². The number of amides is 1. The molecule has 7 nitrogen and oxygen atoms in total. The predicted octanol–water partition coefficient (Wildman–Crippen LogP) is 5.56. The maximum Gasteiger partial charge on any atom is 0.258 e. The lowest BCUT2D eigenvalue weighted by Gasteiger charge is -2.09. The molecule has 5 aromatic rings. The molecule has 0 aliphatic carbocycles. The number of H-pyrrole nitrogens is 1. The van der Waals surface area contributed by atoms with E-state index >= 15 is 0 Å². The van der Waals surface area contributed by atoms with E-state index in [1.165, 1.54) is 0 Å². The molecule has 174 valence electrons. The Morgan fingerprint density at radius 2 is 1.71 bits per heavy atom. The molecular weight excluding hydrogens is 436 g/mol.